The van der Waals surface area contributed by atoms with Crippen LogP contribution in [0.2, 0.25) is 0 Å². The van der Waals surface area contributed by atoms with Crippen LogP contribution in [0.3, 0.4) is 0 Å². The lowest BCUT2D eigenvalue weighted by molar-refractivity contribution is 0.0113. The predicted octanol–water partition coefficient (Wildman–Crippen LogP) is 0.961. The number of nitrogen functional groups attached to an aromatic ring is 1. The van der Waals surface area contributed by atoms with Crippen LogP contribution in [0.4, 0.5) is 5.69 Å². The van der Waals surface area contributed by atoms with Gasteiger partial charge in [-0.2, -0.15) is 0 Å². The SMILES string of the molecule is Nc1ccsc1CNC1(CO)CCOCC1. The average molecular weight is 242 g/mol. The molecule has 4 N–H and O–H groups in total. The molecule has 90 valence electrons. The fraction of sp³-hybridized carbons (Fsp3) is 0.636. The van der Waals surface area contributed by atoms with Crippen LogP contribution in [0.15, 0.2) is 11.4 Å². The smallest absolute Gasteiger partial charge is 0.0615 e. The number of rotatable bonds is 4. The number of anilines is 1. The third kappa shape index (κ3) is 2.55. The van der Waals surface area contributed by atoms with Gasteiger partial charge in [-0.1, -0.05) is 0 Å². The summed E-state index contributed by atoms with van der Waals surface area (Å²) < 4.78 is 5.31. The van der Waals surface area contributed by atoms with E-state index in [1.54, 1.807) is 11.3 Å². The predicted molar refractivity (Wildman–Crippen MR) is 65.4 cm³/mol. The number of hydrogen-bond donors (Lipinski definition) is 3. The van der Waals surface area contributed by atoms with E-state index in [4.69, 9.17) is 10.5 Å². The van der Waals surface area contributed by atoms with E-state index in [1.807, 2.05) is 11.4 Å². The molecular formula is C11H18N2O2S. The van der Waals surface area contributed by atoms with Gasteiger partial charge in [-0.15, -0.1) is 11.3 Å². The van der Waals surface area contributed by atoms with E-state index in [2.05, 4.69) is 5.32 Å². The molecule has 1 fully saturated rings. The van der Waals surface area contributed by atoms with Crippen LogP contribution >= 0.6 is 11.3 Å². The van der Waals surface area contributed by atoms with Gasteiger partial charge in [0, 0.05) is 35.9 Å². The second-order valence-corrected chi connectivity index (χ2v) is 5.20. The van der Waals surface area contributed by atoms with E-state index in [9.17, 15) is 5.11 Å². The van der Waals surface area contributed by atoms with Gasteiger partial charge in [0.1, 0.15) is 0 Å². The van der Waals surface area contributed by atoms with Crippen LogP contribution in [-0.2, 0) is 11.3 Å². The molecule has 16 heavy (non-hydrogen) atoms. The number of nitrogens with two attached hydrogens (primary N) is 1. The fourth-order valence-electron chi connectivity index (χ4n) is 1.91. The highest BCUT2D eigenvalue weighted by Gasteiger charge is 2.31. The number of nitrogens with one attached hydrogen (secondary N) is 1. The third-order valence-electron chi connectivity index (χ3n) is 3.16. The molecule has 5 heteroatoms. The molecular weight excluding hydrogens is 224 g/mol. The molecule has 0 unspecified atom stereocenters. The maximum absolute atomic E-state index is 9.49. The Hall–Kier alpha value is -0.620. The van der Waals surface area contributed by atoms with E-state index in [0.717, 1.165) is 30.0 Å². The first kappa shape index (κ1) is 11.9. The number of aliphatic hydroxyl groups is 1. The van der Waals surface area contributed by atoms with E-state index in [-0.39, 0.29) is 12.1 Å². The normalized spacial score (nSPS) is 19.8. The molecule has 1 aliphatic heterocycles. The minimum atomic E-state index is -0.186. The Balaban J connectivity index is 1.94. The first-order valence-electron chi connectivity index (χ1n) is 5.51. The van der Waals surface area contributed by atoms with Gasteiger partial charge >= 0.3 is 0 Å². The van der Waals surface area contributed by atoms with Crippen molar-refractivity contribution in [2.24, 2.45) is 0 Å². The number of hydrogen-bond acceptors (Lipinski definition) is 5. The quantitative estimate of drug-likeness (QED) is 0.736. The Bertz CT molecular complexity index is 334. The largest absolute Gasteiger partial charge is 0.398 e. The molecule has 0 saturated carbocycles. The Morgan fingerprint density at radius 1 is 1.50 bits per heavy atom. The standard InChI is InChI=1S/C11H18N2O2S/c12-9-1-6-16-10(9)7-13-11(8-14)2-4-15-5-3-11/h1,6,13-14H,2-5,7-8,12H2. The summed E-state index contributed by atoms with van der Waals surface area (Å²) in [4.78, 5) is 1.14. The van der Waals surface area contributed by atoms with Crippen LogP contribution in [0.5, 0.6) is 0 Å². The zero-order valence-electron chi connectivity index (χ0n) is 9.24. The molecule has 0 aromatic carbocycles. The first-order valence-corrected chi connectivity index (χ1v) is 6.39. The maximum Gasteiger partial charge on any atom is 0.0615 e. The minimum Gasteiger partial charge on any atom is -0.398 e. The minimum absolute atomic E-state index is 0.154. The fourth-order valence-corrected chi connectivity index (χ4v) is 2.65. The molecule has 0 bridgehead atoms. The molecule has 2 heterocycles. The van der Waals surface area contributed by atoms with Gasteiger partial charge < -0.3 is 20.9 Å². The molecule has 0 spiro atoms. The zero-order valence-corrected chi connectivity index (χ0v) is 10.1. The molecule has 0 radical (unpaired) electrons. The van der Waals surface area contributed by atoms with Crippen molar-refractivity contribution in [2.75, 3.05) is 25.6 Å². The maximum atomic E-state index is 9.49. The monoisotopic (exact) mass is 242 g/mol. The van der Waals surface area contributed by atoms with Gasteiger partial charge in [-0.3, -0.25) is 0 Å². The molecule has 1 aromatic rings. The average Bonchev–Trinajstić information content (AvgIpc) is 2.74. The Labute approximate surface area is 99.4 Å². The van der Waals surface area contributed by atoms with Crippen LogP contribution < -0.4 is 11.1 Å². The molecule has 0 amide bonds. The van der Waals surface area contributed by atoms with Crippen molar-refractivity contribution in [1.82, 2.24) is 5.32 Å². The molecule has 4 nitrogen and oxygen atoms in total. The van der Waals surface area contributed by atoms with E-state index in [1.165, 1.54) is 0 Å². The highest BCUT2D eigenvalue weighted by atomic mass is 32.1. The second-order valence-electron chi connectivity index (χ2n) is 4.20. The van der Waals surface area contributed by atoms with E-state index >= 15 is 0 Å². The van der Waals surface area contributed by atoms with Gasteiger partial charge in [0.05, 0.1) is 6.61 Å². The molecule has 0 atom stereocenters. The summed E-state index contributed by atoms with van der Waals surface area (Å²) in [6.07, 6.45) is 1.71. The lowest BCUT2D eigenvalue weighted by Crippen LogP contribution is -2.51. The molecule has 1 aromatic heterocycles. The zero-order chi connectivity index (χ0) is 11.4. The third-order valence-corrected chi connectivity index (χ3v) is 4.09. The van der Waals surface area contributed by atoms with Crippen LogP contribution in [0.25, 0.3) is 0 Å². The summed E-state index contributed by atoms with van der Waals surface area (Å²) in [6, 6.07) is 1.91. The lowest BCUT2D eigenvalue weighted by atomic mass is 9.91. The van der Waals surface area contributed by atoms with Crippen molar-refractivity contribution in [3.8, 4) is 0 Å². The molecule has 2 rings (SSSR count). The summed E-state index contributed by atoms with van der Waals surface area (Å²) in [5, 5.41) is 14.9. The summed E-state index contributed by atoms with van der Waals surface area (Å²) >= 11 is 1.65. The molecule has 1 aliphatic rings. The Morgan fingerprint density at radius 2 is 2.25 bits per heavy atom. The van der Waals surface area contributed by atoms with Gasteiger partial charge in [-0.05, 0) is 24.3 Å². The Morgan fingerprint density at radius 3 is 2.81 bits per heavy atom. The van der Waals surface area contributed by atoms with E-state index < -0.39 is 0 Å². The Kier molecular flexibility index (Phi) is 3.81. The van der Waals surface area contributed by atoms with Crippen LogP contribution in [0.1, 0.15) is 17.7 Å². The van der Waals surface area contributed by atoms with Gasteiger partial charge in [0.2, 0.25) is 0 Å². The van der Waals surface area contributed by atoms with E-state index in [0.29, 0.717) is 13.2 Å². The van der Waals surface area contributed by atoms with Crippen molar-refractivity contribution >= 4 is 17.0 Å². The van der Waals surface area contributed by atoms with Crippen molar-refractivity contribution in [3.05, 3.63) is 16.3 Å². The number of thiophene rings is 1. The number of aliphatic hydroxyl groups excluding tert-OH is 1. The second kappa shape index (κ2) is 5.14. The number of ether oxygens (including phenoxy) is 1. The van der Waals surface area contributed by atoms with Gasteiger partial charge in [0.15, 0.2) is 0 Å². The highest BCUT2D eigenvalue weighted by Crippen LogP contribution is 2.23. The van der Waals surface area contributed by atoms with Crippen molar-refractivity contribution < 1.29 is 9.84 Å². The summed E-state index contributed by atoms with van der Waals surface area (Å²) in [5.74, 6) is 0. The first-order chi connectivity index (χ1) is 7.76. The van der Waals surface area contributed by atoms with Gasteiger partial charge in [-0.25, -0.2) is 0 Å². The highest BCUT2D eigenvalue weighted by molar-refractivity contribution is 7.10. The van der Waals surface area contributed by atoms with Crippen molar-refractivity contribution in [3.63, 3.8) is 0 Å². The summed E-state index contributed by atoms with van der Waals surface area (Å²) in [7, 11) is 0. The molecule has 1 saturated heterocycles. The summed E-state index contributed by atoms with van der Waals surface area (Å²) in [5.41, 5.74) is 6.47. The van der Waals surface area contributed by atoms with Crippen molar-refractivity contribution in [1.29, 1.82) is 0 Å². The lowest BCUT2D eigenvalue weighted by Gasteiger charge is -2.36. The molecule has 0 aliphatic carbocycles. The van der Waals surface area contributed by atoms with Crippen LogP contribution in [0, 0.1) is 0 Å². The van der Waals surface area contributed by atoms with Gasteiger partial charge in [0.25, 0.3) is 0 Å². The summed E-state index contributed by atoms with van der Waals surface area (Å²) in [6.45, 7) is 2.31. The van der Waals surface area contributed by atoms with Crippen LogP contribution in [-0.4, -0.2) is 30.5 Å². The topological polar surface area (TPSA) is 67.5 Å². The van der Waals surface area contributed by atoms with Crippen molar-refractivity contribution in [2.45, 2.75) is 24.9 Å².